The van der Waals surface area contributed by atoms with E-state index in [9.17, 15) is 9.59 Å². The number of esters is 1. The number of methoxy groups -OCH3 is 1. The van der Waals surface area contributed by atoms with Crippen LogP contribution < -0.4 is 10.1 Å². The molecule has 1 heterocycles. The van der Waals surface area contributed by atoms with Gasteiger partial charge in [0, 0.05) is 16.0 Å². The van der Waals surface area contributed by atoms with E-state index in [1.807, 2.05) is 46.8 Å². The Morgan fingerprint density at radius 1 is 0.968 bits per heavy atom. The molecule has 0 unspecified atom stereocenters. The highest BCUT2D eigenvalue weighted by Crippen LogP contribution is 2.41. The van der Waals surface area contributed by atoms with Crippen molar-refractivity contribution in [3.63, 3.8) is 0 Å². The molecule has 0 saturated carbocycles. The van der Waals surface area contributed by atoms with E-state index in [2.05, 4.69) is 11.4 Å². The smallest absolute Gasteiger partial charge is 0.342 e. The first kappa shape index (κ1) is 22.6. The molecule has 5 nitrogen and oxygen atoms in total. The Hall–Kier alpha value is -3.12. The molecule has 0 atom stereocenters. The minimum absolute atomic E-state index is 0.273. The molecule has 0 fully saturated rings. The molecule has 0 aliphatic heterocycles. The average molecular weight is 438 g/mol. The summed E-state index contributed by atoms with van der Waals surface area (Å²) >= 11 is 1.37. The summed E-state index contributed by atoms with van der Waals surface area (Å²) in [6.45, 7) is 9.66. The SMILES string of the molecule is COc1ccc(C(=O)Nc2sc(C)c(-c3ccc(C)c(C)c3)c2C(=O)OC(C)C)cc1. The van der Waals surface area contributed by atoms with E-state index in [1.54, 1.807) is 31.4 Å². The fraction of sp³-hybridized carbons (Fsp3) is 0.280. The summed E-state index contributed by atoms with van der Waals surface area (Å²) in [5, 5.41) is 3.40. The van der Waals surface area contributed by atoms with Crippen LogP contribution in [0, 0.1) is 20.8 Å². The van der Waals surface area contributed by atoms with Gasteiger partial charge in [0.25, 0.3) is 5.91 Å². The number of benzene rings is 2. The van der Waals surface area contributed by atoms with Gasteiger partial charge in [-0.3, -0.25) is 4.79 Å². The average Bonchev–Trinajstić information content (AvgIpc) is 3.05. The maximum atomic E-state index is 13.1. The molecule has 3 rings (SSSR count). The van der Waals surface area contributed by atoms with Gasteiger partial charge in [-0.2, -0.15) is 0 Å². The number of aryl methyl sites for hydroxylation is 3. The van der Waals surface area contributed by atoms with Gasteiger partial charge in [-0.25, -0.2) is 4.79 Å². The van der Waals surface area contributed by atoms with Crippen molar-refractivity contribution < 1.29 is 19.1 Å². The van der Waals surface area contributed by atoms with Gasteiger partial charge in [-0.1, -0.05) is 18.2 Å². The van der Waals surface area contributed by atoms with Crippen LogP contribution in [0.1, 0.15) is 50.6 Å². The third-order valence-electron chi connectivity index (χ3n) is 5.01. The standard InChI is InChI=1S/C25H27NO4S/c1-14(2)30-25(28)22-21(19-8-7-15(3)16(4)13-19)17(5)31-24(22)26-23(27)18-9-11-20(29-6)12-10-18/h7-14H,1-6H3,(H,26,27). The first-order valence-corrected chi connectivity index (χ1v) is 10.9. The molecule has 3 aromatic rings. The number of nitrogens with one attached hydrogen (secondary N) is 1. The lowest BCUT2D eigenvalue weighted by molar-refractivity contribution is 0.0380. The van der Waals surface area contributed by atoms with Crippen molar-refractivity contribution in [2.75, 3.05) is 12.4 Å². The fourth-order valence-electron chi connectivity index (χ4n) is 3.26. The first-order valence-electron chi connectivity index (χ1n) is 10.1. The van der Waals surface area contributed by atoms with Crippen LogP contribution in [0.3, 0.4) is 0 Å². The molecule has 0 aliphatic rings. The van der Waals surface area contributed by atoms with Crippen molar-refractivity contribution in [1.29, 1.82) is 0 Å². The van der Waals surface area contributed by atoms with Crippen LogP contribution in [-0.4, -0.2) is 25.1 Å². The van der Waals surface area contributed by atoms with E-state index >= 15 is 0 Å². The zero-order valence-corrected chi connectivity index (χ0v) is 19.5. The molecule has 6 heteroatoms. The summed E-state index contributed by atoms with van der Waals surface area (Å²) in [5.41, 5.74) is 4.90. The van der Waals surface area contributed by atoms with Crippen molar-refractivity contribution >= 4 is 28.2 Å². The number of rotatable bonds is 6. The van der Waals surface area contributed by atoms with E-state index in [0.29, 0.717) is 21.9 Å². The zero-order chi connectivity index (χ0) is 22.7. The van der Waals surface area contributed by atoms with Crippen LogP contribution in [0.4, 0.5) is 5.00 Å². The largest absolute Gasteiger partial charge is 0.497 e. The van der Waals surface area contributed by atoms with Crippen LogP contribution in [0.2, 0.25) is 0 Å². The highest BCUT2D eigenvalue weighted by molar-refractivity contribution is 7.17. The molecule has 0 saturated heterocycles. The number of ether oxygens (including phenoxy) is 2. The van der Waals surface area contributed by atoms with E-state index in [0.717, 1.165) is 21.6 Å². The Kier molecular flexibility index (Phi) is 6.81. The Labute approximate surface area is 187 Å². The van der Waals surface area contributed by atoms with Crippen LogP contribution in [0.15, 0.2) is 42.5 Å². The van der Waals surface area contributed by atoms with Crippen molar-refractivity contribution in [2.24, 2.45) is 0 Å². The van der Waals surface area contributed by atoms with Crippen LogP contribution in [-0.2, 0) is 4.74 Å². The van der Waals surface area contributed by atoms with Gasteiger partial charge in [0.2, 0.25) is 0 Å². The molecular weight excluding hydrogens is 410 g/mol. The van der Waals surface area contributed by atoms with E-state index in [-0.39, 0.29) is 12.0 Å². The number of hydrogen-bond acceptors (Lipinski definition) is 5. The molecule has 0 spiro atoms. The molecule has 162 valence electrons. The second-order valence-electron chi connectivity index (χ2n) is 7.67. The molecule has 1 N–H and O–H groups in total. The van der Waals surface area contributed by atoms with E-state index in [4.69, 9.17) is 9.47 Å². The highest BCUT2D eigenvalue weighted by Gasteiger charge is 2.26. The zero-order valence-electron chi connectivity index (χ0n) is 18.7. The van der Waals surface area contributed by atoms with Gasteiger partial charge in [0.15, 0.2) is 0 Å². The van der Waals surface area contributed by atoms with Crippen molar-refractivity contribution in [2.45, 2.75) is 40.7 Å². The molecule has 0 radical (unpaired) electrons. The van der Waals surface area contributed by atoms with Gasteiger partial charge >= 0.3 is 5.97 Å². The third-order valence-corrected chi connectivity index (χ3v) is 6.03. The summed E-state index contributed by atoms with van der Waals surface area (Å²) in [6, 6.07) is 12.9. The van der Waals surface area contributed by atoms with Gasteiger partial charge in [0.1, 0.15) is 16.3 Å². The molecule has 0 aliphatic carbocycles. The van der Waals surface area contributed by atoms with Gasteiger partial charge in [0.05, 0.1) is 13.2 Å². The van der Waals surface area contributed by atoms with Crippen LogP contribution in [0.25, 0.3) is 11.1 Å². The normalized spacial score (nSPS) is 10.8. The quantitative estimate of drug-likeness (QED) is 0.469. The van der Waals surface area contributed by atoms with Gasteiger partial charge in [-0.05, 0) is 75.6 Å². The van der Waals surface area contributed by atoms with Crippen molar-refractivity contribution in [1.82, 2.24) is 0 Å². The number of hydrogen-bond donors (Lipinski definition) is 1. The molecule has 2 aromatic carbocycles. The van der Waals surface area contributed by atoms with Crippen molar-refractivity contribution in [3.8, 4) is 16.9 Å². The van der Waals surface area contributed by atoms with Crippen LogP contribution in [0.5, 0.6) is 5.75 Å². The molecule has 31 heavy (non-hydrogen) atoms. The number of carbonyl (C=O) groups excluding carboxylic acids is 2. The summed E-state index contributed by atoms with van der Waals surface area (Å²) in [7, 11) is 1.57. The number of thiophene rings is 1. The lowest BCUT2D eigenvalue weighted by atomic mass is 9.97. The Balaban J connectivity index is 2.05. The minimum atomic E-state index is -0.447. The first-order chi connectivity index (χ1) is 14.7. The van der Waals surface area contributed by atoms with Crippen molar-refractivity contribution in [3.05, 3.63) is 69.6 Å². The second-order valence-corrected chi connectivity index (χ2v) is 8.90. The number of amides is 1. The monoisotopic (exact) mass is 437 g/mol. The Bertz CT molecular complexity index is 1110. The second kappa shape index (κ2) is 9.35. The summed E-state index contributed by atoms with van der Waals surface area (Å²) < 4.78 is 10.7. The fourth-order valence-corrected chi connectivity index (χ4v) is 4.32. The maximum Gasteiger partial charge on any atom is 0.342 e. The van der Waals surface area contributed by atoms with E-state index in [1.165, 1.54) is 16.9 Å². The Morgan fingerprint density at radius 3 is 2.23 bits per heavy atom. The molecular formula is C25H27NO4S. The van der Waals surface area contributed by atoms with Crippen LogP contribution >= 0.6 is 11.3 Å². The number of anilines is 1. The molecule has 1 aromatic heterocycles. The molecule has 1 amide bonds. The maximum absolute atomic E-state index is 13.1. The summed E-state index contributed by atoms with van der Waals surface area (Å²) in [4.78, 5) is 26.9. The Morgan fingerprint density at radius 2 is 1.65 bits per heavy atom. The third kappa shape index (κ3) is 4.97. The summed E-state index contributed by atoms with van der Waals surface area (Å²) in [6.07, 6.45) is -0.273. The van der Waals surface area contributed by atoms with E-state index < -0.39 is 5.97 Å². The predicted molar refractivity (Wildman–Crippen MR) is 125 cm³/mol. The minimum Gasteiger partial charge on any atom is -0.497 e. The summed E-state index contributed by atoms with van der Waals surface area (Å²) in [5.74, 6) is -0.0755. The predicted octanol–water partition coefficient (Wildman–Crippen LogP) is 6.17. The lowest BCUT2D eigenvalue weighted by Gasteiger charge is -2.13. The topological polar surface area (TPSA) is 64.6 Å². The lowest BCUT2D eigenvalue weighted by Crippen LogP contribution is -2.16. The number of carbonyl (C=O) groups is 2. The van der Waals surface area contributed by atoms with Gasteiger partial charge in [-0.15, -0.1) is 11.3 Å². The highest BCUT2D eigenvalue weighted by atomic mass is 32.1. The van der Waals surface area contributed by atoms with Gasteiger partial charge < -0.3 is 14.8 Å². The molecule has 0 bridgehead atoms.